The molecule has 0 aliphatic carbocycles. The highest BCUT2D eigenvalue weighted by molar-refractivity contribution is 5.91. The molecular weight excluding hydrogens is 251 g/mol. The first kappa shape index (κ1) is 14.9. The van der Waals surface area contributed by atoms with E-state index in [0.717, 1.165) is 0 Å². The van der Waals surface area contributed by atoms with Gasteiger partial charge in [-0.05, 0) is 37.6 Å². The van der Waals surface area contributed by atoms with Gasteiger partial charge in [0.2, 0.25) is 5.91 Å². The van der Waals surface area contributed by atoms with E-state index in [1.165, 1.54) is 18.2 Å². The molecule has 0 aromatic heterocycles. The Bertz CT molecular complexity index is 463. The van der Waals surface area contributed by atoms with Crippen molar-refractivity contribution in [2.45, 2.75) is 20.3 Å². The monoisotopic (exact) mass is 268 g/mol. The molecule has 0 aliphatic heterocycles. The molecule has 1 rings (SSSR count). The van der Waals surface area contributed by atoms with Crippen LogP contribution in [0.5, 0.6) is 0 Å². The van der Waals surface area contributed by atoms with Crippen LogP contribution in [0.1, 0.15) is 18.9 Å². The van der Waals surface area contributed by atoms with E-state index < -0.39 is 6.09 Å². The Morgan fingerprint density at radius 2 is 2.11 bits per heavy atom. The molecule has 0 saturated heterocycles. The number of benzene rings is 1. The highest BCUT2D eigenvalue weighted by atomic mass is 19.1. The van der Waals surface area contributed by atoms with Crippen molar-refractivity contribution in [1.82, 2.24) is 5.32 Å². The van der Waals surface area contributed by atoms with Crippen LogP contribution >= 0.6 is 0 Å². The number of amides is 2. The van der Waals surface area contributed by atoms with Gasteiger partial charge < -0.3 is 15.4 Å². The van der Waals surface area contributed by atoms with E-state index in [2.05, 4.69) is 15.4 Å². The number of ether oxygens (including phenoxy) is 1. The Kier molecular flexibility index (Phi) is 5.78. The van der Waals surface area contributed by atoms with Crippen LogP contribution in [0.2, 0.25) is 0 Å². The second kappa shape index (κ2) is 7.35. The van der Waals surface area contributed by atoms with Gasteiger partial charge in [-0.2, -0.15) is 0 Å². The number of nitrogens with one attached hydrogen (secondary N) is 2. The lowest BCUT2D eigenvalue weighted by Gasteiger charge is -2.09. The summed E-state index contributed by atoms with van der Waals surface area (Å²) in [4.78, 5) is 22.6. The first-order valence-corrected chi connectivity index (χ1v) is 5.99. The first-order chi connectivity index (χ1) is 9.02. The normalized spacial score (nSPS) is 9.84. The summed E-state index contributed by atoms with van der Waals surface area (Å²) in [5.74, 6) is -0.606. The molecule has 0 saturated carbocycles. The lowest BCUT2D eigenvalue weighted by Crippen LogP contribution is -2.28. The fraction of sp³-hybridized carbons (Fsp3) is 0.385. The van der Waals surface area contributed by atoms with Crippen molar-refractivity contribution in [3.8, 4) is 0 Å². The summed E-state index contributed by atoms with van der Waals surface area (Å²) >= 11 is 0. The topological polar surface area (TPSA) is 67.4 Å². The Labute approximate surface area is 111 Å². The summed E-state index contributed by atoms with van der Waals surface area (Å²) in [7, 11) is 0. The summed E-state index contributed by atoms with van der Waals surface area (Å²) in [5, 5.41) is 5.09. The van der Waals surface area contributed by atoms with E-state index in [1.54, 1.807) is 13.8 Å². The maximum atomic E-state index is 12.9. The van der Waals surface area contributed by atoms with Gasteiger partial charge in [0.25, 0.3) is 0 Å². The van der Waals surface area contributed by atoms with Crippen molar-refractivity contribution in [2.75, 3.05) is 18.5 Å². The molecule has 104 valence electrons. The number of carbonyl (C=O) groups is 2. The molecule has 0 spiro atoms. The van der Waals surface area contributed by atoms with E-state index in [9.17, 15) is 14.0 Å². The molecule has 1 aromatic carbocycles. The number of anilines is 1. The Hall–Kier alpha value is -2.11. The summed E-state index contributed by atoms with van der Waals surface area (Å²) in [5.41, 5.74) is 1.20. The highest BCUT2D eigenvalue weighted by Gasteiger charge is 2.06. The molecule has 0 atom stereocenters. The van der Waals surface area contributed by atoms with E-state index in [-0.39, 0.29) is 31.3 Å². The van der Waals surface area contributed by atoms with Crippen molar-refractivity contribution < 1.29 is 18.7 Å². The van der Waals surface area contributed by atoms with Crippen LogP contribution in [0.15, 0.2) is 18.2 Å². The Morgan fingerprint density at radius 3 is 2.74 bits per heavy atom. The molecule has 2 N–H and O–H groups in total. The number of rotatable bonds is 5. The number of aryl methyl sites for hydroxylation is 1. The zero-order valence-electron chi connectivity index (χ0n) is 11.0. The molecule has 0 fully saturated rings. The third-order valence-electron chi connectivity index (χ3n) is 2.36. The maximum absolute atomic E-state index is 12.9. The molecule has 6 heteroatoms. The largest absolute Gasteiger partial charge is 0.450 e. The summed E-state index contributed by atoms with van der Waals surface area (Å²) in [6.07, 6.45) is -0.427. The number of halogens is 1. The van der Waals surface area contributed by atoms with E-state index in [0.29, 0.717) is 11.3 Å². The minimum atomic E-state index is -0.548. The summed E-state index contributed by atoms with van der Waals surface area (Å²) < 4.78 is 17.5. The fourth-order valence-electron chi connectivity index (χ4n) is 1.44. The average molecular weight is 268 g/mol. The van der Waals surface area contributed by atoms with E-state index in [1.807, 2.05) is 0 Å². The second-order valence-electron chi connectivity index (χ2n) is 3.90. The maximum Gasteiger partial charge on any atom is 0.407 e. The molecule has 19 heavy (non-hydrogen) atoms. The van der Waals surface area contributed by atoms with Crippen LogP contribution in [0.3, 0.4) is 0 Å². The van der Waals surface area contributed by atoms with Crippen LogP contribution in [0.25, 0.3) is 0 Å². The molecule has 0 bridgehead atoms. The predicted octanol–water partition coefficient (Wildman–Crippen LogP) is 2.21. The van der Waals surface area contributed by atoms with Crippen LogP contribution in [0, 0.1) is 12.7 Å². The zero-order chi connectivity index (χ0) is 14.3. The van der Waals surface area contributed by atoms with Crippen molar-refractivity contribution in [1.29, 1.82) is 0 Å². The molecule has 0 heterocycles. The SMILES string of the molecule is CCOC(=O)NCCC(=O)Nc1ccc(F)cc1C. The zero-order valence-corrected chi connectivity index (χ0v) is 11.0. The molecule has 1 aromatic rings. The standard InChI is InChI=1S/C13H17FN2O3/c1-3-19-13(18)15-7-6-12(17)16-11-5-4-10(14)8-9(11)2/h4-5,8H,3,6-7H2,1-2H3,(H,15,18)(H,16,17). The van der Waals surface area contributed by atoms with Gasteiger partial charge in [0.1, 0.15) is 5.82 Å². The van der Waals surface area contributed by atoms with Crippen molar-refractivity contribution in [3.63, 3.8) is 0 Å². The Morgan fingerprint density at radius 1 is 1.37 bits per heavy atom. The number of carbonyl (C=O) groups excluding carboxylic acids is 2. The quantitative estimate of drug-likeness (QED) is 0.860. The summed E-state index contributed by atoms with van der Waals surface area (Å²) in [6, 6.07) is 4.12. The van der Waals surface area contributed by atoms with Gasteiger partial charge in [-0.25, -0.2) is 9.18 Å². The first-order valence-electron chi connectivity index (χ1n) is 5.99. The number of hydrogen-bond acceptors (Lipinski definition) is 3. The van der Waals surface area contributed by atoms with Gasteiger partial charge in [0, 0.05) is 18.7 Å². The molecule has 0 radical (unpaired) electrons. The van der Waals surface area contributed by atoms with Crippen molar-refractivity contribution in [2.24, 2.45) is 0 Å². The molecular formula is C13H17FN2O3. The van der Waals surface area contributed by atoms with Gasteiger partial charge >= 0.3 is 6.09 Å². The average Bonchev–Trinajstić information content (AvgIpc) is 2.33. The number of hydrogen-bond donors (Lipinski definition) is 2. The van der Waals surface area contributed by atoms with Crippen LogP contribution in [0.4, 0.5) is 14.9 Å². The van der Waals surface area contributed by atoms with Crippen molar-refractivity contribution >= 4 is 17.7 Å². The van der Waals surface area contributed by atoms with Crippen LogP contribution in [-0.4, -0.2) is 25.2 Å². The predicted molar refractivity (Wildman–Crippen MR) is 69.4 cm³/mol. The van der Waals surface area contributed by atoms with Gasteiger partial charge in [0.05, 0.1) is 6.61 Å². The lowest BCUT2D eigenvalue weighted by atomic mass is 10.2. The summed E-state index contributed by atoms with van der Waals surface area (Å²) in [6.45, 7) is 3.87. The fourth-order valence-corrected chi connectivity index (χ4v) is 1.44. The van der Waals surface area contributed by atoms with Gasteiger partial charge in [-0.15, -0.1) is 0 Å². The number of alkyl carbamates (subject to hydrolysis) is 1. The smallest absolute Gasteiger partial charge is 0.407 e. The molecule has 0 aliphatic rings. The van der Waals surface area contributed by atoms with E-state index in [4.69, 9.17) is 0 Å². The minimum Gasteiger partial charge on any atom is -0.450 e. The lowest BCUT2D eigenvalue weighted by molar-refractivity contribution is -0.116. The van der Waals surface area contributed by atoms with Crippen molar-refractivity contribution in [3.05, 3.63) is 29.6 Å². The van der Waals surface area contributed by atoms with Gasteiger partial charge in [-0.1, -0.05) is 0 Å². The van der Waals surface area contributed by atoms with E-state index >= 15 is 0 Å². The van der Waals surface area contributed by atoms with Crippen LogP contribution in [-0.2, 0) is 9.53 Å². The third kappa shape index (κ3) is 5.37. The van der Waals surface area contributed by atoms with Gasteiger partial charge in [0.15, 0.2) is 0 Å². The van der Waals surface area contributed by atoms with Crippen LogP contribution < -0.4 is 10.6 Å². The second-order valence-corrected chi connectivity index (χ2v) is 3.90. The Balaban J connectivity index is 2.37. The molecule has 2 amide bonds. The third-order valence-corrected chi connectivity index (χ3v) is 2.36. The minimum absolute atomic E-state index is 0.121. The molecule has 0 unspecified atom stereocenters. The van der Waals surface area contributed by atoms with Gasteiger partial charge in [-0.3, -0.25) is 4.79 Å². The highest BCUT2D eigenvalue weighted by Crippen LogP contribution is 2.15. The molecule has 5 nitrogen and oxygen atoms in total.